The van der Waals surface area contributed by atoms with Crippen LogP contribution in [0.15, 0.2) is 76.3 Å². The summed E-state index contributed by atoms with van der Waals surface area (Å²) in [7, 11) is 0. The Labute approximate surface area is 193 Å². The maximum Gasteiger partial charge on any atom is 0.343 e. The molecule has 0 saturated carbocycles. The average molecular weight is 502 g/mol. The van der Waals surface area contributed by atoms with Crippen molar-refractivity contribution in [3.05, 3.63) is 92.9 Å². The third kappa shape index (κ3) is 6.41. The molecule has 0 aliphatic heterocycles. The molecule has 0 bridgehead atoms. The van der Waals surface area contributed by atoms with E-state index in [2.05, 4.69) is 26.5 Å². The number of nitrogens with one attached hydrogen (secondary N) is 1. The van der Waals surface area contributed by atoms with Crippen LogP contribution in [0.3, 0.4) is 0 Å². The smallest absolute Gasteiger partial charge is 0.343 e. The number of nitrogens with zero attached hydrogens (tertiary/aromatic N) is 1. The minimum Gasteiger partial charge on any atom is -0.490 e. The van der Waals surface area contributed by atoms with Gasteiger partial charge in [0.05, 0.1) is 18.4 Å². The fraction of sp³-hybridized carbons (Fsp3) is 0.0870. The van der Waals surface area contributed by atoms with Crippen LogP contribution in [0, 0.1) is 0 Å². The number of ether oxygens (including phenoxy) is 2. The number of hydrogen-bond acceptors (Lipinski definition) is 5. The first-order chi connectivity index (χ1) is 15.0. The minimum absolute atomic E-state index is 0.289. The van der Waals surface area contributed by atoms with Gasteiger partial charge in [0.2, 0.25) is 0 Å². The van der Waals surface area contributed by atoms with Gasteiger partial charge in [0.15, 0.2) is 11.5 Å². The zero-order valence-electron chi connectivity index (χ0n) is 16.5. The number of carbonyl (C=O) groups excluding carboxylic acids is 2. The fourth-order valence-corrected chi connectivity index (χ4v) is 2.92. The summed E-state index contributed by atoms with van der Waals surface area (Å²) in [6, 6.07) is 18.3. The molecule has 0 fully saturated rings. The molecule has 0 aliphatic rings. The SMILES string of the molecule is CCOc1cc(/C=N/NC(=O)c2ccc(Cl)cc2)ccc1OC(=O)c1ccc(Br)cc1. The topological polar surface area (TPSA) is 77.0 Å². The van der Waals surface area contributed by atoms with Gasteiger partial charge >= 0.3 is 5.97 Å². The van der Waals surface area contributed by atoms with Gasteiger partial charge < -0.3 is 9.47 Å². The van der Waals surface area contributed by atoms with Crippen molar-refractivity contribution in [2.45, 2.75) is 6.92 Å². The Bertz CT molecular complexity index is 1100. The largest absolute Gasteiger partial charge is 0.490 e. The van der Waals surface area contributed by atoms with E-state index < -0.39 is 5.97 Å². The lowest BCUT2D eigenvalue weighted by atomic mass is 10.2. The van der Waals surface area contributed by atoms with Gasteiger partial charge in [-0.05, 0) is 79.2 Å². The summed E-state index contributed by atoms with van der Waals surface area (Å²) in [6.45, 7) is 2.21. The van der Waals surface area contributed by atoms with E-state index in [4.69, 9.17) is 21.1 Å². The van der Waals surface area contributed by atoms with Gasteiger partial charge in [0.1, 0.15) is 0 Å². The van der Waals surface area contributed by atoms with Crippen LogP contribution < -0.4 is 14.9 Å². The molecule has 3 aromatic rings. The van der Waals surface area contributed by atoms with E-state index in [1.54, 1.807) is 66.7 Å². The van der Waals surface area contributed by atoms with Gasteiger partial charge in [0, 0.05) is 15.1 Å². The summed E-state index contributed by atoms with van der Waals surface area (Å²) >= 11 is 9.15. The lowest BCUT2D eigenvalue weighted by Crippen LogP contribution is -2.17. The number of benzene rings is 3. The van der Waals surface area contributed by atoms with Crippen LogP contribution >= 0.6 is 27.5 Å². The van der Waals surface area contributed by atoms with E-state index in [1.165, 1.54) is 6.21 Å². The number of halogens is 2. The van der Waals surface area contributed by atoms with E-state index in [1.807, 2.05) is 6.92 Å². The Morgan fingerprint density at radius 3 is 2.35 bits per heavy atom. The van der Waals surface area contributed by atoms with Crippen molar-refractivity contribution in [3.63, 3.8) is 0 Å². The first-order valence-corrected chi connectivity index (χ1v) is 10.5. The minimum atomic E-state index is -0.495. The van der Waals surface area contributed by atoms with Gasteiger partial charge in [-0.2, -0.15) is 5.10 Å². The first-order valence-electron chi connectivity index (χ1n) is 9.30. The lowest BCUT2D eigenvalue weighted by Gasteiger charge is -2.11. The van der Waals surface area contributed by atoms with Crippen molar-refractivity contribution in [2.75, 3.05) is 6.61 Å². The molecule has 6 nitrogen and oxygen atoms in total. The molecule has 3 rings (SSSR count). The van der Waals surface area contributed by atoms with Crippen molar-refractivity contribution >= 4 is 45.6 Å². The first kappa shape index (κ1) is 22.5. The van der Waals surface area contributed by atoms with E-state index in [0.29, 0.717) is 34.1 Å². The Morgan fingerprint density at radius 2 is 1.68 bits per heavy atom. The Morgan fingerprint density at radius 1 is 1.00 bits per heavy atom. The number of hydrazone groups is 1. The second-order valence-electron chi connectivity index (χ2n) is 6.24. The van der Waals surface area contributed by atoms with Crippen molar-refractivity contribution in [3.8, 4) is 11.5 Å². The highest BCUT2D eigenvalue weighted by Gasteiger charge is 2.13. The van der Waals surface area contributed by atoms with Crippen LogP contribution in [0.4, 0.5) is 0 Å². The van der Waals surface area contributed by atoms with Crippen LogP contribution in [-0.2, 0) is 0 Å². The molecule has 31 heavy (non-hydrogen) atoms. The van der Waals surface area contributed by atoms with E-state index in [-0.39, 0.29) is 11.7 Å². The molecule has 1 N–H and O–H groups in total. The molecule has 8 heteroatoms. The number of rotatable bonds is 7. The van der Waals surface area contributed by atoms with Gasteiger partial charge in [-0.3, -0.25) is 4.79 Å². The predicted molar refractivity (Wildman–Crippen MR) is 123 cm³/mol. The van der Waals surface area contributed by atoms with Crippen molar-refractivity contribution in [1.29, 1.82) is 0 Å². The molecule has 0 atom stereocenters. The average Bonchev–Trinajstić information content (AvgIpc) is 2.76. The van der Waals surface area contributed by atoms with E-state index in [9.17, 15) is 9.59 Å². The van der Waals surface area contributed by atoms with Gasteiger partial charge in [0.25, 0.3) is 5.91 Å². The summed E-state index contributed by atoms with van der Waals surface area (Å²) in [5.74, 6) is -0.179. The molecule has 0 aromatic heterocycles. The highest BCUT2D eigenvalue weighted by atomic mass is 79.9. The third-order valence-electron chi connectivity index (χ3n) is 4.04. The van der Waals surface area contributed by atoms with Crippen LogP contribution in [0.1, 0.15) is 33.2 Å². The van der Waals surface area contributed by atoms with E-state index in [0.717, 1.165) is 4.47 Å². The molecule has 0 radical (unpaired) electrons. The monoisotopic (exact) mass is 500 g/mol. The lowest BCUT2D eigenvalue weighted by molar-refractivity contribution is 0.0728. The number of amides is 1. The molecular weight excluding hydrogens is 484 g/mol. The van der Waals surface area contributed by atoms with Crippen molar-refractivity contribution < 1.29 is 19.1 Å². The number of hydrogen-bond donors (Lipinski definition) is 1. The standard InChI is InChI=1S/C23H18BrClN2O4/c1-2-30-21-13-15(14-26-27-22(28)16-6-10-19(25)11-7-16)3-12-20(21)31-23(29)17-4-8-18(24)9-5-17/h3-14H,2H2,1H3,(H,27,28)/b26-14+. The van der Waals surface area contributed by atoms with Gasteiger partial charge in [-0.1, -0.05) is 27.5 Å². The maximum atomic E-state index is 12.4. The maximum absolute atomic E-state index is 12.4. The summed E-state index contributed by atoms with van der Waals surface area (Å²) in [5.41, 5.74) is 3.96. The highest BCUT2D eigenvalue weighted by Crippen LogP contribution is 2.29. The second-order valence-corrected chi connectivity index (χ2v) is 7.59. The number of carbonyl (C=O) groups is 2. The summed E-state index contributed by atoms with van der Waals surface area (Å²) in [5, 5.41) is 4.51. The molecule has 158 valence electrons. The van der Waals surface area contributed by atoms with Crippen molar-refractivity contribution in [2.24, 2.45) is 5.10 Å². The van der Waals surface area contributed by atoms with Gasteiger partial charge in [-0.25, -0.2) is 10.2 Å². The molecule has 0 aliphatic carbocycles. The van der Waals surface area contributed by atoms with E-state index >= 15 is 0 Å². The van der Waals surface area contributed by atoms with Crippen LogP contribution in [0.25, 0.3) is 0 Å². The third-order valence-corrected chi connectivity index (χ3v) is 4.82. The Kier molecular flexibility index (Phi) is 7.81. The molecular formula is C23H18BrClN2O4. The molecule has 0 spiro atoms. The van der Waals surface area contributed by atoms with Crippen LogP contribution in [0.5, 0.6) is 11.5 Å². The molecule has 3 aromatic carbocycles. The fourth-order valence-electron chi connectivity index (χ4n) is 2.53. The summed E-state index contributed by atoms with van der Waals surface area (Å²) < 4.78 is 11.9. The normalized spacial score (nSPS) is 10.7. The summed E-state index contributed by atoms with van der Waals surface area (Å²) in [6.07, 6.45) is 1.47. The Balaban J connectivity index is 1.69. The quantitative estimate of drug-likeness (QED) is 0.201. The van der Waals surface area contributed by atoms with Gasteiger partial charge in [-0.15, -0.1) is 0 Å². The van der Waals surface area contributed by atoms with Crippen molar-refractivity contribution in [1.82, 2.24) is 5.43 Å². The zero-order chi connectivity index (χ0) is 22.2. The Hall–Kier alpha value is -3.16. The zero-order valence-corrected chi connectivity index (χ0v) is 18.8. The summed E-state index contributed by atoms with van der Waals surface area (Å²) in [4.78, 5) is 24.5. The molecule has 0 heterocycles. The molecule has 0 saturated heterocycles. The van der Waals surface area contributed by atoms with Crippen LogP contribution in [-0.4, -0.2) is 24.7 Å². The molecule has 0 unspecified atom stereocenters. The van der Waals surface area contributed by atoms with Crippen LogP contribution in [0.2, 0.25) is 5.02 Å². The molecule has 1 amide bonds. The second kappa shape index (κ2) is 10.7. The highest BCUT2D eigenvalue weighted by molar-refractivity contribution is 9.10. The number of esters is 1. The predicted octanol–water partition coefficient (Wildman–Crippen LogP) is 5.48.